The van der Waals surface area contributed by atoms with Gasteiger partial charge in [0.05, 0.1) is 5.75 Å². The lowest BCUT2D eigenvalue weighted by atomic mass is 10.2. The van der Waals surface area contributed by atoms with Crippen LogP contribution in [-0.2, 0) is 5.75 Å². The monoisotopic (exact) mass is 385 g/mol. The standard InChI is InChI=1S/C20H23N3O3S/c1-3-22-9-11-23(12-10-22)19(24)17-8-7-15(25-17)13-27-20-21-18-14(2)5-4-6-16(18)26-20/h4-8H,3,9-13H2,1-2H3. The maximum absolute atomic E-state index is 12.6. The van der Waals surface area contributed by atoms with E-state index in [4.69, 9.17) is 8.83 Å². The summed E-state index contributed by atoms with van der Waals surface area (Å²) in [7, 11) is 0. The Kier molecular flexibility index (Phi) is 5.22. The zero-order chi connectivity index (χ0) is 18.8. The van der Waals surface area contributed by atoms with E-state index in [1.165, 1.54) is 11.8 Å². The first kappa shape index (κ1) is 18.1. The Morgan fingerprint density at radius 1 is 1.15 bits per heavy atom. The number of para-hydroxylation sites is 1. The van der Waals surface area contributed by atoms with Gasteiger partial charge in [-0.25, -0.2) is 4.98 Å². The van der Waals surface area contributed by atoms with Crippen LogP contribution in [-0.4, -0.2) is 53.4 Å². The number of fused-ring (bicyclic) bond motifs is 1. The van der Waals surface area contributed by atoms with Crippen molar-refractivity contribution in [1.29, 1.82) is 0 Å². The minimum atomic E-state index is -0.0283. The first-order valence-electron chi connectivity index (χ1n) is 9.23. The van der Waals surface area contributed by atoms with Crippen molar-refractivity contribution in [2.45, 2.75) is 24.8 Å². The molecule has 0 radical (unpaired) electrons. The molecule has 2 aromatic heterocycles. The second-order valence-electron chi connectivity index (χ2n) is 6.68. The molecule has 0 aliphatic carbocycles. The van der Waals surface area contributed by atoms with Gasteiger partial charge >= 0.3 is 0 Å². The van der Waals surface area contributed by atoms with E-state index in [1.54, 1.807) is 6.07 Å². The fourth-order valence-corrected chi connectivity index (χ4v) is 3.98. The SMILES string of the molecule is CCN1CCN(C(=O)c2ccc(CSc3nc4c(C)cccc4o3)o2)CC1. The Bertz CT molecular complexity index is 941. The van der Waals surface area contributed by atoms with Crippen LogP contribution in [0.4, 0.5) is 0 Å². The molecular weight excluding hydrogens is 362 g/mol. The molecule has 27 heavy (non-hydrogen) atoms. The molecule has 1 fully saturated rings. The summed E-state index contributed by atoms with van der Waals surface area (Å²) in [6.45, 7) is 8.53. The van der Waals surface area contributed by atoms with Crippen LogP contribution in [0.15, 0.2) is 44.4 Å². The number of furan rings is 1. The molecule has 6 nitrogen and oxygen atoms in total. The molecule has 4 rings (SSSR count). The van der Waals surface area contributed by atoms with Gasteiger partial charge in [-0.1, -0.05) is 30.8 Å². The van der Waals surface area contributed by atoms with Crippen molar-refractivity contribution in [2.75, 3.05) is 32.7 Å². The first-order chi connectivity index (χ1) is 13.1. The average molecular weight is 385 g/mol. The molecule has 0 saturated carbocycles. The molecule has 1 aliphatic heterocycles. The van der Waals surface area contributed by atoms with E-state index in [1.807, 2.05) is 36.1 Å². The number of rotatable bonds is 5. The Balaban J connectivity index is 1.37. The van der Waals surface area contributed by atoms with E-state index in [9.17, 15) is 4.79 Å². The highest BCUT2D eigenvalue weighted by Crippen LogP contribution is 2.28. The van der Waals surface area contributed by atoms with Gasteiger partial charge in [0, 0.05) is 26.2 Å². The van der Waals surface area contributed by atoms with Gasteiger partial charge < -0.3 is 18.6 Å². The zero-order valence-corrected chi connectivity index (χ0v) is 16.4. The number of thioether (sulfide) groups is 1. The van der Waals surface area contributed by atoms with Crippen LogP contribution in [0, 0.1) is 6.92 Å². The van der Waals surface area contributed by atoms with Crippen LogP contribution in [0.25, 0.3) is 11.1 Å². The summed E-state index contributed by atoms with van der Waals surface area (Å²) < 4.78 is 11.5. The van der Waals surface area contributed by atoms with Crippen molar-refractivity contribution >= 4 is 28.8 Å². The van der Waals surface area contributed by atoms with Crippen molar-refractivity contribution in [2.24, 2.45) is 0 Å². The van der Waals surface area contributed by atoms with Gasteiger partial charge in [0.15, 0.2) is 11.3 Å². The third kappa shape index (κ3) is 3.89. The summed E-state index contributed by atoms with van der Waals surface area (Å²) in [6.07, 6.45) is 0. The Morgan fingerprint density at radius 3 is 2.70 bits per heavy atom. The predicted octanol–water partition coefficient (Wildman–Crippen LogP) is 3.80. The first-order valence-corrected chi connectivity index (χ1v) is 10.2. The third-order valence-corrected chi connectivity index (χ3v) is 5.77. The van der Waals surface area contributed by atoms with Crippen molar-refractivity contribution in [3.05, 3.63) is 47.4 Å². The molecule has 1 aromatic carbocycles. The Morgan fingerprint density at radius 2 is 1.96 bits per heavy atom. The molecule has 1 saturated heterocycles. The molecular formula is C20H23N3O3S. The van der Waals surface area contributed by atoms with E-state index in [2.05, 4.69) is 16.8 Å². The lowest BCUT2D eigenvalue weighted by molar-refractivity contribution is 0.0611. The van der Waals surface area contributed by atoms with Crippen molar-refractivity contribution in [3.63, 3.8) is 0 Å². The molecule has 7 heteroatoms. The lowest BCUT2D eigenvalue weighted by Crippen LogP contribution is -2.48. The number of aromatic nitrogens is 1. The summed E-state index contributed by atoms with van der Waals surface area (Å²) in [6, 6.07) is 9.52. The highest BCUT2D eigenvalue weighted by molar-refractivity contribution is 7.98. The van der Waals surface area contributed by atoms with Gasteiger partial charge in [-0.2, -0.15) is 0 Å². The van der Waals surface area contributed by atoms with Crippen LogP contribution in [0.2, 0.25) is 0 Å². The number of oxazole rings is 1. The Labute approximate surface area is 162 Å². The van der Waals surface area contributed by atoms with Gasteiger partial charge in [-0.3, -0.25) is 4.79 Å². The molecule has 3 aromatic rings. The summed E-state index contributed by atoms with van der Waals surface area (Å²) >= 11 is 1.47. The van der Waals surface area contributed by atoms with Gasteiger partial charge in [0.1, 0.15) is 11.3 Å². The molecule has 0 spiro atoms. The fraction of sp³-hybridized carbons (Fsp3) is 0.400. The molecule has 3 heterocycles. The summed E-state index contributed by atoms with van der Waals surface area (Å²) in [5, 5.41) is 0.610. The maximum atomic E-state index is 12.6. The molecule has 1 amide bonds. The summed E-state index contributed by atoms with van der Waals surface area (Å²) in [4.78, 5) is 21.4. The quantitative estimate of drug-likeness (QED) is 0.623. The molecule has 142 valence electrons. The number of carbonyl (C=O) groups is 1. The molecule has 0 bridgehead atoms. The lowest BCUT2D eigenvalue weighted by Gasteiger charge is -2.33. The number of hydrogen-bond donors (Lipinski definition) is 0. The topological polar surface area (TPSA) is 62.7 Å². The van der Waals surface area contributed by atoms with E-state index in [0.29, 0.717) is 16.7 Å². The van der Waals surface area contributed by atoms with Crippen molar-refractivity contribution in [1.82, 2.24) is 14.8 Å². The van der Waals surface area contributed by atoms with Crippen LogP contribution in [0.3, 0.4) is 0 Å². The van der Waals surface area contributed by atoms with Gasteiger partial charge in [-0.05, 0) is 37.2 Å². The van der Waals surface area contributed by atoms with E-state index >= 15 is 0 Å². The number of nitrogens with zero attached hydrogens (tertiary/aromatic N) is 3. The number of aryl methyl sites for hydroxylation is 1. The summed E-state index contributed by atoms with van der Waals surface area (Å²) in [5.41, 5.74) is 2.78. The highest BCUT2D eigenvalue weighted by atomic mass is 32.2. The number of piperazine rings is 1. The average Bonchev–Trinajstić information content (AvgIpc) is 3.33. The van der Waals surface area contributed by atoms with Crippen molar-refractivity contribution < 1.29 is 13.6 Å². The van der Waals surface area contributed by atoms with E-state index in [-0.39, 0.29) is 5.91 Å². The minimum absolute atomic E-state index is 0.0283. The molecule has 1 aliphatic rings. The second-order valence-corrected chi connectivity index (χ2v) is 7.61. The number of amides is 1. The van der Waals surface area contributed by atoms with Crippen LogP contribution in [0.5, 0.6) is 0 Å². The molecule has 0 N–H and O–H groups in total. The van der Waals surface area contributed by atoms with E-state index < -0.39 is 0 Å². The highest BCUT2D eigenvalue weighted by Gasteiger charge is 2.23. The van der Waals surface area contributed by atoms with Crippen LogP contribution >= 0.6 is 11.8 Å². The molecule has 0 unspecified atom stereocenters. The van der Waals surface area contributed by atoms with Gasteiger partial charge in [0.2, 0.25) is 0 Å². The van der Waals surface area contributed by atoms with Gasteiger partial charge in [-0.15, -0.1) is 0 Å². The zero-order valence-electron chi connectivity index (χ0n) is 15.6. The third-order valence-electron chi connectivity index (χ3n) is 4.92. The molecule has 0 atom stereocenters. The number of benzene rings is 1. The Hall–Kier alpha value is -2.25. The number of hydrogen-bond acceptors (Lipinski definition) is 6. The maximum Gasteiger partial charge on any atom is 0.289 e. The second kappa shape index (κ2) is 7.78. The normalized spacial score (nSPS) is 15.6. The summed E-state index contributed by atoms with van der Waals surface area (Å²) in [5.74, 6) is 1.70. The smallest absolute Gasteiger partial charge is 0.289 e. The number of likely N-dealkylation sites (N-methyl/N-ethyl adjacent to an activating group) is 1. The number of carbonyl (C=O) groups excluding carboxylic acids is 1. The predicted molar refractivity (Wildman–Crippen MR) is 105 cm³/mol. The minimum Gasteiger partial charge on any atom is -0.455 e. The largest absolute Gasteiger partial charge is 0.455 e. The van der Waals surface area contributed by atoms with Crippen molar-refractivity contribution in [3.8, 4) is 0 Å². The van der Waals surface area contributed by atoms with Gasteiger partial charge in [0.25, 0.3) is 11.1 Å². The van der Waals surface area contributed by atoms with E-state index in [0.717, 1.165) is 55.1 Å². The van der Waals surface area contributed by atoms with Crippen LogP contribution < -0.4 is 0 Å². The fourth-order valence-electron chi connectivity index (χ4n) is 3.25. The van der Waals surface area contributed by atoms with Crippen LogP contribution in [0.1, 0.15) is 28.8 Å².